The second kappa shape index (κ2) is 5.15. The van der Waals surface area contributed by atoms with Crippen molar-refractivity contribution >= 4 is 11.6 Å². The minimum atomic E-state index is -0.238. The van der Waals surface area contributed by atoms with E-state index in [9.17, 15) is 4.39 Å². The molecule has 0 aromatic heterocycles. The van der Waals surface area contributed by atoms with Crippen LogP contribution >= 0.6 is 11.6 Å². The first kappa shape index (κ1) is 11.9. The van der Waals surface area contributed by atoms with Crippen molar-refractivity contribution in [3.63, 3.8) is 0 Å². The molecule has 0 spiro atoms. The number of hydrogen-bond donors (Lipinski definition) is 1. The first-order valence-corrected chi connectivity index (χ1v) is 6.20. The molecular formula is C13H17ClFN. The number of hydrogen-bond acceptors (Lipinski definition) is 1. The van der Waals surface area contributed by atoms with Gasteiger partial charge >= 0.3 is 0 Å². The van der Waals surface area contributed by atoms with Crippen LogP contribution in [-0.4, -0.2) is 13.1 Å². The lowest BCUT2D eigenvalue weighted by molar-refractivity contribution is 0.372. The van der Waals surface area contributed by atoms with Crippen LogP contribution in [0.15, 0.2) is 12.1 Å². The molecule has 1 unspecified atom stereocenters. The Morgan fingerprint density at radius 1 is 1.50 bits per heavy atom. The van der Waals surface area contributed by atoms with Crippen molar-refractivity contribution in [1.29, 1.82) is 0 Å². The summed E-state index contributed by atoms with van der Waals surface area (Å²) < 4.78 is 13.8. The average Bonchev–Trinajstić information content (AvgIpc) is 2.27. The van der Waals surface area contributed by atoms with Gasteiger partial charge in [-0.25, -0.2) is 4.39 Å². The molecule has 2 rings (SSSR count). The summed E-state index contributed by atoms with van der Waals surface area (Å²) in [6.07, 6.45) is 3.16. The van der Waals surface area contributed by atoms with E-state index in [1.807, 2.05) is 13.0 Å². The van der Waals surface area contributed by atoms with E-state index in [2.05, 4.69) is 5.32 Å². The summed E-state index contributed by atoms with van der Waals surface area (Å²) in [6, 6.07) is 3.59. The van der Waals surface area contributed by atoms with E-state index in [0.29, 0.717) is 5.92 Å². The fourth-order valence-corrected chi connectivity index (χ4v) is 2.65. The molecule has 1 aromatic rings. The lowest BCUT2D eigenvalue weighted by atomic mass is 9.91. The Morgan fingerprint density at radius 2 is 2.31 bits per heavy atom. The summed E-state index contributed by atoms with van der Waals surface area (Å²) in [5.74, 6) is 0.305. The summed E-state index contributed by atoms with van der Waals surface area (Å²) in [5, 5.41) is 3.60. The van der Waals surface area contributed by atoms with Gasteiger partial charge in [-0.15, -0.1) is 0 Å². The van der Waals surface area contributed by atoms with Crippen molar-refractivity contribution in [2.45, 2.75) is 26.2 Å². The first-order valence-electron chi connectivity index (χ1n) is 5.82. The van der Waals surface area contributed by atoms with Gasteiger partial charge in [0, 0.05) is 0 Å². The first-order chi connectivity index (χ1) is 7.66. The predicted octanol–water partition coefficient (Wildman–Crippen LogP) is 3.33. The molecule has 0 radical (unpaired) electrons. The van der Waals surface area contributed by atoms with Crippen LogP contribution in [0.1, 0.15) is 24.0 Å². The summed E-state index contributed by atoms with van der Waals surface area (Å²) in [4.78, 5) is 0. The van der Waals surface area contributed by atoms with E-state index in [-0.39, 0.29) is 10.8 Å². The van der Waals surface area contributed by atoms with Crippen LogP contribution in [0, 0.1) is 18.7 Å². The summed E-state index contributed by atoms with van der Waals surface area (Å²) >= 11 is 5.85. The number of rotatable bonds is 2. The van der Waals surface area contributed by atoms with Crippen molar-refractivity contribution in [3.05, 3.63) is 34.1 Å². The van der Waals surface area contributed by atoms with Crippen molar-refractivity contribution in [1.82, 2.24) is 5.32 Å². The molecule has 0 aliphatic carbocycles. The van der Waals surface area contributed by atoms with E-state index in [4.69, 9.17) is 11.6 Å². The van der Waals surface area contributed by atoms with Gasteiger partial charge in [-0.2, -0.15) is 0 Å². The molecule has 0 bridgehead atoms. The third-order valence-corrected chi connectivity index (χ3v) is 3.43. The second-order valence-corrected chi connectivity index (χ2v) is 5.04. The van der Waals surface area contributed by atoms with Crippen LogP contribution in [0.4, 0.5) is 4.39 Å². The number of benzene rings is 1. The molecule has 1 aliphatic rings. The largest absolute Gasteiger partial charge is 0.316 e. The Kier molecular flexibility index (Phi) is 3.82. The van der Waals surface area contributed by atoms with Crippen LogP contribution in [0.25, 0.3) is 0 Å². The maximum Gasteiger partial charge on any atom is 0.144 e. The SMILES string of the molecule is Cc1cc(Cl)c(F)c(CC2CCCNC2)c1. The van der Waals surface area contributed by atoms with Gasteiger partial charge in [-0.3, -0.25) is 0 Å². The fourth-order valence-electron chi connectivity index (χ4n) is 2.35. The number of halogens is 2. The molecule has 3 heteroatoms. The number of piperidine rings is 1. The molecule has 1 aromatic carbocycles. The van der Waals surface area contributed by atoms with Gasteiger partial charge in [-0.1, -0.05) is 17.7 Å². The Bertz CT molecular complexity index is 372. The van der Waals surface area contributed by atoms with Gasteiger partial charge in [0.05, 0.1) is 5.02 Å². The van der Waals surface area contributed by atoms with E-state index in [0.717, 1.165) is 30.6 Å². The van der Waals surface area contributed by atoms with Crippen molar-refractivity contribution in [3.8, 4) is 0 Å². The predicted molar refractivity (Wildman–Crippen MR) is 65.4 cm³/mol. The molecule has 1 nitrogen and oxygen atoms in total. The summed E-state index contributed by atoms with van der Waals surface area (Å²) in [6.45, 7) is 4.03. The molecule has 0 saturated carbocycles. The lowest BCUT2D eigenvalue weighted by Crippen LogP contribution is -2.31. The molecule has 1 atom stereocenters. The van der Waals surface area contributed by atoms with Crippen LogP contribution in [-0.2, 0) is 6.42 Å². The van der Waals surface area contributed by atoms with Crippen molar-refractivity contribution in [2.24, 2.45) is 5.92 Å². The molecular weight excluding hydrogens is 225 g/mol. The Labute approximate surface area is 101 Å². The van der Waals surface area contributed by atoms with Gasteiger partial charge in [-0.05, 0) is 62.4 Å². The molecule has 16 heavy (non-hydrogen) atoms. The molecule has 1 N–H and O–H groups in total. The Hall–Kier alpha value is -0.600. The lowest BCUT2D eigenvalue weighted by Gasteiger charge is -2.23. The van der Waals surface area contributed by atoms with Crippen LogP contribution in [0.3, 0.4) is 0 Å². The van der Waals surface area contributed by atoms with E-state index in [1.165, 1.54) is 12.8 Å². The summed E-state index contributed by atoms with van der Waals surface area (Å²) in [7, 11) is 0. The standard InChI is InChI=1S/C13H17ClFN/c1-9-5-11(13(15)12(14)6-9)7-10-3-2-4-16-8-10/h5-6,10,16H,2-4,7-8H2,1H3. The van der Waals surface area contributed by atoms with Gasteiger partial charge in [0.1, 0.15) is 5.82 Å². The zero-order chi connectivity index (χ0) is 11.5. The molecule has 1 aliphatic heterocycles. The molecule has 88 valence electrons. The average molecular weight is 242 g/mol. The zero-order valence-corrected chi connectivity index (χ0v) is 10.3. The topological polar surface area (TPSA) is 12.0 Å². The van der Waals surface area contributed by atoms with E-state index in [1.54, 1.807) is 6.07 Å². The monoisotopic (exact) mass is 241 g/mol. The third kappa shape index (κ3) is 2.74. The van der Waals surface area contributed by atoms with Gasteiger partial charge in [0.2, 0.25) is 0 Å². The fraction of sp³-hybridized carbons (Fsp3) is 0.538. The maximum absolute atomic E-state index is 13.8. The van der Waals surface area contributed by atoms with Gasteiger partial charge in [0.25, 0.3) is 0 Å². The smallest absolute Gasteiger partial charge is 0.144 e. The van der Waals surface area contributed by atoms with Crippen LogP contribution in [0.2, 0.25) is 5.02 Å². The molecule has 1 saturated heterocycles. The van der Waals surface area contributed by atoms with Crippen molar-refractivity contribution < 1.29 is 4.39 Å². The highest BCUT2D eigenvalue weighted by molar-refractivity contribution is 6.30. The van der Waals surface area contributed by atoms with Crippen molar-refractivity contribution in [2.75, 3.05) is 13.1 Å². The highest BCUT2D eigenvalue weighted by Gasteiger charge is 2.16. The Morgan fingerprint density at radius 3 is 3.00 bits per heavy atom. The maximum atomic E-state index is 13.8. The highest BCUT2D eigenvalue weighted by Crippen LogP contribution is 2.24. The molecule has 0 amide bonds. The minimum Gasteiger partial charge on any atom is -0.316 e. The Balaban J connectivity index is 2.13. The second-order valence-electron chi connectivity index (χ2n) is 4.64. The quantitative estimate of drug-likeness (QED) is 0.838. The van der Waals surface area contributed by atoms with Crippen LogP contribution < -0.4 is 5.32 Å². The molecule has 1 fully saturated rings. The molecule has 1 heterocycles. The number of nitrogens with one attached hydrogen (secondary N) is 1. The van der Waals surface area contributed by atoms with Gasteiger partial charge < -0.3 is 5.32 Å². The van der Waals surface area contributed by atoms with E-state index < -0.39 is 0 Å². The van der Waals surface area contributed by atoms with E-state index >= 15 is 0 Å². The van der Waals surface area contributed by atoms with Crippen LogP contribution in [0.5, 0.6) is 0 Å². The third-order valence-electron chi connectivity index (χ3n) is 3.16. The normalized spacial score (nSPS) is 21.1. The van der Waals surface area contributed by atoms with Gasteiger partial charge in [0.15, 0.2) is 0 Å². The zero-order valence-electron chi connectivity index (χ0n) is 9.52. The minimum absolute atomic E-state index is 0.238. The highest BCUT2D eigenvalue weighted by atomic mass is 35.5. The summed E-state index contributed by atoms with van der Waals surface area (Å²) in [5.41, 5.74) is 1.80. The number of aryl methyl sites for hydroxylation is 1.